The Morgan fingerprint density at radius 1 is 0.727 bits per heavy atom. The number of allylic oxidation sites excluding steroid dienone is 2. The summed E-state index contributed by atoms with van der Waals surface area (Å²) in [6.45, 7) is 2.26. The Morgan fingerprint density at radius 2 is 1.14 bits per heavy atom. The van der Waals surface area contributed by atoms with Crippen molar-refractivity contribution in [2.75, 3.05) is 0 Å². The summed E-state index contributed by atoms with van der Waals surface area (Å²) in [6, 6.07) is 0. The number of rotatable bonds is 15. The summed E-state index contributed by atoms with van der Waals surface area (Å²) in [6.07, 6.45) is 21.2. The van der Waals surface area contributed by atoms with E-state index in [0.29, 0.717) is 6.42 Å². The van der Waals surface area contributed by atoms with Gasteiger partial charge in [0.1, 0.15) is 0 Å². The predicted molar refractivity (Wildman–Crippen MR) is 107 cm³/mol. The van der Waals surface area contributed by atoms with E-state index >= 15 is 0 Å². The van der Waals surface area contributed by atoms with Gasteiger partial charge in [-0.2, -0.15) is 0 Å². The summed E-state index contributed by atoms with van der Waals surface area (Å²) in [5.41, 5.74) is 0. The number of carbonyl (C=O) groups is 1. The molecule has 0 amide bonds. The molecule has 1 N–H and O–H groups in total. The van der Waals surface area contributed by atoms with E-state index in [1.54, 1.807) is 0 Å². The van der Waals surface area contributed by atoms with E-state index in [1.807, 2.05) is 0 Å². The zero-order valence-corrected chi connectivity index (χ0v) is 13.4. The predicted octanol–water partition coefficient (Wildman–Crippen LogP) is 3.74. The van der Waals surface area contributed by atoms with Crippen LogP contribution in [0.4, 0.5) is 0 Å². The Morgan fingerprint density at radius 3 is 1.59 bits per heavy atom. The maximum atomic E-state index is 10.3. The topological polar surface area (TPSA) is 37.3 Å². The van der Waals surface area contributed by atoms with Crippen LogP contribution in [0.1, 0.15) is 96.8 Å². The molecule has 0 aromatic rings. The molecule has 22 heavy (non-hydrogen) atoms. The van der Waals surface area contributed by atoms with Gasteiger partial charge in [0.2, 0.25) is 0 Å². The molecule has 0 unspecified atom stereocenters. The Labute approximate surface area is 164 Å². The average molecular weight is 428 g/mol. The van der Waals surface area contributed by atoms with Gasteiger partial charge in [-0.05, 0) is 32.1 Å². The van der Waals surface area contributed by atoms with Crippen LogP contribution < -0.4 is 0 Å². The number of hydrogen-bond acceptors (Lipinski definition) is 1. The Bertz CT molecular complexity index is 243. The van der Waals surface area contributed by atoms with Crippen molar-refractivity contribution in [1.29, 1.82) is 0 Å². The van der Waals surface area contributed by atoms with Crippen molar-refractivity contribution in [2.45, 2.75) is 96.8 Å². The zero-order chi connectivity index (χ0) is 14.9. The first-order valence-electron chi connectivity index (χ1n) is 8.64. The molecule has 0 aliphatic carbocycles. The normalized spacial score (nSPS) is 10.2. The summed E-state index contributed by atoms with van der Waals surface area (Å²) in [5.74, 6) is -0.664. The number of carboxylic acid groups (broad SMARTS) is 1. The molecule has 0 saturated carbocycles. The quantitative estimate of drug-likeness (QED) is 0.245. The molecular formula is C18H40Ga2O2. The van der Waals surface area contributed by atoms with Gasteiger partial charge in [0.15, 0.2) is 0 Å². The van der Waals surface area contributed by atoms with Crippen LogP contribution in [-0.4, -0.2) is 50.7 Å². The van der Waals surface area contributed by atoms with Crippen LogP contribution in [0.5, 0.6) is 0 Å². The van der Waals surface area contributed by atoms with Crippen LogP contribution >= 0.6 is 0 Å². The number of hydrogen-bond donors (Lipinski definition) is 1. The molecule has 0 aromatic carbocycles. The Hall–Kier alpha value is 0.483. The van der Waals surface area contributed by atoms with Crippen LogP contribution in [0, 0.1) is 0 Å². The summed E-state index contributed by atoms with van der Waals surface area (Å²) in [4.78, 5) is 10.3. The molecule has 0 fully saturated rings. The molecule has 0 radical (unpaired) electrons. The van der Waals surface area contributed by atoms with Crippen molar-refractivity contribution in [2.24, 2.45) is 0 Å². The molecule has 0 saturated heterocycles. The average Bonchev–Trinajstić information content (AvgIpc) is 2.43. The van der Waals surface area contributed by atoms with Crippen LogP contribution in [0.2, 0.25) is 0 Å². The first-order chi connectivity index (χ1) is 9.77. The molecule has 0 heterocycles. The SMILES string of the molecule is CCCCCCCC/C=C\CCCCCCCC(=O)O.[GaH3].[GaH3]. The molecule has 4 heteroatoms. The van der Waals surface area contributed by atoms with E-state index in [4.69, 9.17) is 5.11 Å². The maximum absolute atomic E-state index is 10.3. The summed E-state index contributed by atoms with van der Waals surface area (Å²) in [5, 5.41) is 8.51. The third kappa shape index (κ3) is 25.4. The number of aliphatic carboxylic acids is 1. The Balaban J connectivity index is -0.00000180. The van der Waals surface area contributed by atoms with Crippen molar-refractivity contribution in [3.05, 3.63) is 12.2 Å². The molecule has 0 aliphatic rings. The molecule has 0 bridgehead atoms. The molecular weight excluding hydrogens is 388 g/mol. The van der Waals surface area contributed by atoms with Crippen molar-refractivity contribution >= 4 is 45.6 Å². The van der Waals surface area contributed by atoms with E-state index in [0.717, 1.165) is 12.8 Å². The van der Waals surface area contributed by atoms with Crippen molar-refractivity contribution < 1.29 is 9.90 Å². The van der Waals surface area contributed by atoms with E-state index < -0.39 is 5.97 Å². The second kappa shape index (κ2) is 23.7. The molecule has 0 spiro atoms. The first kappa shape index (κ1) is 27.3. The molecule has 130 valence electrons. The first-order valence-corrected chi connectivity index (χ1v) is 8.64. The van der Waals surface area contributed by atoms with Gasteiger partial charge in [-0.15, -0.1) is 0 Å². The van der Waals surface area contributed by atoms with Crippen molar-refractivity contribution in [1.82, 2.24) is 0 Å². The minimum absolute atomic E-state index is 0. The minimum atomic E-state index is -0.664. The molecule has 2 nitrogen and oxygen atoms in total. The van der Waals surface area contributed by atoms with Gasteiger partial charge >= 0.3 is 45.6 Å². The summed E-state index contributed by atoms with van der Waals surface area (Å²) >= 11 is 0. The van der Waals surface area contributed by atoms with E-state index in [1.165, 1.54) is 70.6 Å². The van der Waals surface area contributed by atoms with E-state index in [2.05, 4.69) is 19.1 Å². The zero-order valence-electron chi connectivity index (χ0n) is 13.4. The molecule has 0 atom stereocenters. The number of unbranched alkanes of at least 4 members (excludes halogenated alkanes) is 11. The third-order valence-electron chi connectivity index (χ3n) is 3.65. The monoisotopic (exact) mass is 426 g/mol. The Kier molecular flexibility index (Phi) is 29.5. The third-order valence-corrected chi connectivity index (χ3v) is 3.65. The fraction of sp³-hybridized carbons (Fsp3) is 0.833. The van der Waals surface area contributed by atoms with Gasteiger partial charge in [-0.25, -0.2) is 0 Å². The summed E-state index contributed by atoms with van der Waals surface area (Å²) < 4.78 is 0. The van der Waals surface area contributed by atoms with E-state index in [9.17, 15) is 4.79 Å². The van der Waals surface area contributed by atoms with Gasteiger partial charge < -0.3 is 5.11 Å². The van der Waals surface area contributed by atoms with Crippen LogP contribution in [0.15, 0.2) is 12.2 Å². The van der Waals surface area contributed by atoms with Gasteiger partial charge in [0.05, 0.1) is 0 Å². The molecule has 0 aromatic heterocycles. The van der Waals surface area contributed by atoms with Crippen molar-refractivity contribution in [3.63, 3.8) is 0 Å². The van der Waals surface area contributed by atoms with Crippen molar-refractivity contribution in [3.8, 4) is 0 Å². The van der Waals surface area contributed by atoms with Gasteiger partial charge in [0, 0.05) is 6.42 Å². The second-order valence-electron chi connectivity index (χ2n) is 5.73. The van der Waals surface area contributed by atoms with Gasteiger partial charge in [-0.3, -0.25) is 4.79 Å². The molecule has 0 rings (SSSR count). The second-order valence-corrected chi connectivity index (χ2v) is 5.73. The standard InChI is InChI=1S/C18H34O2.2Ga.6H/c1-2-3-4-5-6-7-8-9-10-11-12-13-14-15-16-17-18(19)20;;;;;;;;/h9-10H,2-8,11-17H2,1H3,(H,19,20);;;;;;;;/b10-9-;;;;;;;;. The number of carboxylic acids is 1. The molecule has 0 aliphatic heterocycles. The fourth-order valence-corrected chi connectivity index (χ4v) is 2.35. The van der Waals surface area contributed by atoms with Crippen LogP contribution in [0.3, 0.4) is 0 Å². The van der Waals surface area contributed by atoms with E-state index in [-0.39, 0.29) is 39.6 Å². The summed E-state index contributed by atoms with van der Waals surface area (Å²) in [7, 11) is 0. The van der Waals surface area contributed by atoms with Crippen LogP contribution in [0.25, 0.3) is 0 Å². The van der Waals surface area contributed by atoms with Gasteiger partial charge in [-0.1, -0.05) is 70.4 Å². The van der Waals surface area contributed by atoms with Gasteiger partial charge in [0.25, 0.3) is 0 Å². The van der Waals surface area contributed by atoms with Crippen LogP contribution in [-0.2, 0) is 4.79 Å². The fourth-order valence-electron chi connectivity index (χ4n) is 2.35.